The fraction of sp³-hybridized carbons (Fsp3) is 0.296. The summed E-state index contributed by atoms with van der Waals surface area (Å²) in [5.41, 5.74) is 3.01. The zero-order valence-corrected chi connectivity index (χ0v) is 20.6. The van der Waals surface area contributed by atoms with E-state index in [4.69, 9.17) is 9.47 Å². The van der Waals surface area contributed by atoms with Gasteiger partial charge in [0.1, 0.15) is 11.5 Å². The molecule has 2 aromatic heterocycles. The minimum absolute atomic E-state index is 0.243. The van der Waals surface area contributed by atoms with E-state index in [9.17, 15) is 9.18 Å². The smallest absolute Gasteiger partial charge is 0.270 e. The minimum Gasteiger partial charge on any atom is -0.493 e. The van der Waals surface area contributed by atoms with Gasteiger partial charge in [0.15, 0.2) is 17.1 Å². The van der Waals surface area contributed by atoms with E-state index in [1.54, 1.807) is 38.5 Å². The lowest BCUT2D eigenvalue weighted by Crippen LogP contribution is -2.28. The number of nitrogens with one attached hydrogen (secondary N) is 1. The number of nitrogens with zero attached hydrogens (tertiary/aromatic N) is 3. The summed E-state index contributed by atoms with van der Waals surface area (Å²) in [5.74, 6) is 0.556. The van der Waals surface area contributed by atoms with E-state index in [0.29, 0.717) is 41.4 Å². The summed E-state index contributed by atoms with van der Waals surface area (Å²) in [6, 6.07) is 15.4. The molecule has 0 aliphatic rings. The molecule has 0 fully saturated rings. The van der Waals surface area contributed by atoms with Crippen molar-refractivity contribution in [3.8, 4) is 22.8 Å². The summed E-state index contributed by atoms with van der Waals surface area (Å²) in [4.78, 5) is 17.9. The molecule has 1 amide bonds. The van der Waals surface area contributed by atoms with Crippen LogP contribution in [0.4, 0.5) is 4.39 Å². The Morgan fingerprint density at radius 2 is 1.77 bits per heavy atom. The Labute approximate surface area is 203 Å². The molecular weight excluding hydrogens is 447 g/mol. The maximum Gasteiger partial charge on any atom is 0.270 e. The van der Waals surface area contributed by atoms with Gasteiger partial charge in [0.05, 0.1) is 25.6 Å². The molecule has 2 aromatic carbocycles. The quantitative estimate of drug-likeness (QED) is 0.414. The molecule has 4 rings (SSSR count). The molecule has 0 aliphatic heterocycles. The van der Waals surface area contributed by atoms with Gasteiger partial charge in [0.2, 0.25) is 0 Å². The van der Waals surface area contributed by atoms with Crippen LogP contribution in [0, 0.1) is 5.82 Å². The Balaban J connectivity index is 1.64. The van der Waals surface area contributed by atoms with Crippen molar-refractivity contribution in [3.05, 3.63) is 77.4 Å². The van der Waals surface area contributed by atoms with Gasteiger partial charge >= 0.3 is 0 Å². The lowest BCUT2D eigenvalue weighted by Gasteiger charge is -2.14. The average molecular weight is 477 g/mol. The molecule has 0 saturated carbocycles. The highest BCUT2D eigenvalue weighted by atomic mass is 19.1. The predicted octanol–water partition coefficient (Wildman–Crippen LogP) is 4.82. The van der Waals surface area contributed by atoms with E-state index in [2.05, 4.69) is 15.4 Å². The molecule has 0 unspecified atom stereocenters. The maximum atomic E-state index is 14.5. The van der Waals surface area contributed by atoms with E-state index >= 15 is 0 Å². The highest BCUT2D eigenvalue weighted by Crippen LogP contribution is 2.28. The zero-order valence-electron chi connectivity index (χ0n) is 20.6. The molecule has 0 aliphatic carbocycles. The SMILES string of the molecule is COc1ccc(CCNC(=O)c2cc(-c3ccccc3F)nc3cc(C(C)(C)C)nn23)cc1OC. The number of carbonyl (C=O) groups is 1. The number of methoxy groups -OCH3 is 2. The number of halogens is 1. The number of hydrogen-bond acceptors (Lipinski definition) is 5. The van der Waals surface area contributed by atoms with Crippen LogP contribution in [0.2, 0.25) is 0 Å². The standard InChI is InChI=1S/C27H29FN4O3/c1-27(2,3)24-16-25-30-20(18-8-6-7-9-19(18)28)15-21(32(25)31-24)26(33)29-13-12-17-10-11-22(34-4)23(14-17)35-5/h6-11,14-16H,12-13H2,1-5H3,(H,29,33). The highest BCUT2D eigenvalue weighted by molar-refractivity contribution is 5.94. The van der Waals surface area contributed by atoms with Gasteiger partial charge < -0.3 is 14.8 Å². The molecule has 0 saturated heterocycles. The van der Waals surface area contributed by atoms with Gasteiger partial charge in [-0.3, -0.25) is 4.79 Å². The van der Waals surface area contributed by atoms with Crippen molar-refractivity contribution in [2.75, 3.05) is 20.8 Å². The van der Waals surface area contributed by atoms with Gasteiger partial charge in [-0.05, 0) is 42.3 Å². The molecule has 35 heavy (non-hydrogen) atoms. The number of amides is 1. The Morgan fingerprint density at radius 1 is 1.03 bits per heavy atom. The first kappa shape index (κ1) is 24.2. The number of rotatable bonds is 7. The van der Waals surface area contributed by atoms with E-state index in [1.165, 1.54) is 10.6 Å². The van der Waals surface area contributed by atoms with Crippen molar-refractivity contribution < 1.29 is 18.7 Å². The van der Waals surface area contributed by atoms with Crippen LogP contribution in [0.1, 0.15) is 42.5 Å². The Hall–Kier alpha value is -3.94. The second kappa shape index (κ2) is 9.74. The summed E-state index contributed by atoms with van der Waals surface area (Å²) in [6.45, 7) is 6.50. The molecule has 7 nitrogen and oxygen atoms in total. The van der Waals surface area contributed by atoms with Crippen molar-refractivity contribution in [2.45, 2.75) is 32.6 Å². The number of aromatic nitrogens is 3. The number of benzene rings is 2. The lowest BCUT2D eigenvalue weighted by molar-refractivity contribution is 0.0946. The van der Waals surface area contributed by atoms with Crippen molar-refractivity contribution in [1.82, 2.24) is 19.9 Å². The van der Waals surface area contributed by atoms with Gasteiger partial charge in [0.25, 0.3) is 5.91 Å². The van der Waals surface area contributed by atoms with Crippen LogP contribution in [-0.2, 0) is 11.8 Å². The van der Waals surface area contributed by atoms with Crippen LogP contribution in [0.25, 0.3) is 16.9 Å². The fourth-order valence-corrected chi connectivity index (χ4v) is 3.76. The van der Waals surface area contributed by atoms with Gasteiger partial charge in [-0.15, -0.1) is 0 Å². The number of fused-ring (bicyclic) bond motifs is 1. The molecule has 0 spiro atoms. The topological polar surface area (TPSA) is 77.8 Å². The third kappa shape index (κ3) is 5.11. The van der Waals surface area contributed by atoms with Gasteiger partial charge in [-0.1, -0.05) is 39.0 Å². The molecule has 0 atom stereocenters. The van der Waals surface area contributed by atoms with Gasteiger partial charge in [0, 0.05) is 23.6 Å². The third-order valence-electron chi connectivity index (χ3n) is 5.73. The minimum atomic E-state index is -0.403. The van der Waals surface area contributed by atoms with Gasteiger partial charge in [-0.25, -0.2) is 13.9 Å². The second-order valence-electron chi connectivity index (χ2n) is 9.25. The Bertz CT molecular complexity index is 1370. The molecule has 4 aromatic rings. The van der Waals surface area contributed by atoms with Crippen LogP contribution in [0.3, 0.4) is 0 Å². The predicted molar refractivity (Wildman–Crippen MR) is 133 cm³/mol. The zero-order chi connectivity index (χ0) is 25.2. The second-order valence-corrected chi connectivity index (χ2v) is 9.25. The third-order valence-corrected chi connectivity index (χ3v) is 5.73. The summed E-state index contributed by atoms with van der Waals surface area (Å²) in [7, 11) is 3.17. The van der Waals surface area contributed by atoms with E-state index in [1.807, 2.05) is 45.0 Å². The fourth-order valence-electron chi connectivity index (χ4n) is 3.76. The molecule has 0 bridgehead atoms. The Kier molecular flexibility index (Phi) is 6.73. The maximum absolute atomic E-state index is 14.5. The molecule has 8 heteroatoms. The van der Waals surface area contributed by atoms with E-state index in [0.717, 1.165) is 11.3 Å². The summed E-state index contributed by atoms with van der Waals surface area (Å²) in [5, 5.41) is 7.59. The monoisotopic (exact) mass is 476 g/mol. The van der Waals surface area contributed by atoms with E-state index < -0.39 is 5.82 Å². The van der Waals surface area contributed by atoms with Crippen molar-refractivity contribution in [2.24, 2.45) is 0 Å². The van der Waals surface area contributed by atoms with Crippen LogP contribution < -0.4 is 14.8 Å². The van der Waals surface area contributed by atoms with Crippen molar-refractivity contribution >= 4 is 11.6 Å². The van der Waals surface area contributed by atoms with Crippen LogP contribution in [0.5, 0.6) is 11.5 Å². The highest BCUT2D eigenvalue weighted by Gasteiger charge is 2.22. The summed E-state index contributed by atoms with van der Waals surface area (Å²) in [6.07, 6.45) is 0.590. The van der Waals surface area contributed by atoms with Crippen molar-refractivity contribution in [1.29, 1.82) is 0 Å². The van der Waals surface area contributed by atoms with Crippen LogP contribution in [0.15, 0.2) is 54.6 Å². The normalized spacial score (nSPS) is 11.5. The molecule has 1 N–H and O–H groups in total. The lowest BCUT2D eigenvalue weighted by atomic mass is 9.93. The average Bonchev–Trinajstić information content (AvgIpc) is 3.28. The number of ether oxygens (including phenoxy) is 2. The molecule has 0 radical (unpaired) electrons. The number of hydrogen-bond donors (Lipinski definition) is 1. The number of carbonyl (C=O) groups excluding carboxylic acids is 1. The van der Waals surface area contributed by atoms with Crippen LogP contribution >= 0.6 is 0 Å². The summed E-state index contributed by atoms with van der Waals surface area (Å²) < 4.78 is 26.7. The van der Waals surface area contributed by atoms with Crippen LogP contribution in [-0.4, -0.2) is 41.3 Å². The van der Waals surface area contributed by atoms with Gasteiger partial charge in [-0.2, -0.15) is 5.10 Å². The largest absolute Gasteiger partial charge is 0.493 e. The van der Waals surface area contributed by atoms with E-state index in [-0.39, 0.29) is 17.0 Å². The molecular formula is C27H29FN4O3. The Morgan fingerprint density at radius 3 is 2.46 bits per heavy atom. The molecule has 2 heterocycles. The summed E-state index contributed by atoms with van der Waals surface area (Å²) >= 11 is 0. The first-order valence-corrected chi connectivity index (χ1v) is 11.4. The van der Waals surface area contributed by atoms with Crippen molar-refractivity contribution in [3.63, 3.8) is 0 Å². The molecule has 182 valence electrons. The first-order valence-electron chi connectivity index (χ1n) is 11.4. The first-order chi connectivity index (χ1) is 16.7.